The van der Waals surface area contributed by atoms with E-state index in [0.29, 0.717) is 17.9 Å². The molecule has 1 aromatic carbocycles. The molecule has 1 aromatic heterocycles. The van der Waals surface area contributed by atoms with E-state index in [9.17, 15) is 19.7 Å². The minimum Gasteiger partial charge on any atom is -0.347 e. The maximum absolute atomic E-state index is 12.9. The highest BCUT2D eigenvalue weighted by atomic mass is 16.6. The Morgan fingerprint density at radius 2 is 1.94 bits per heavy atom. The fraction of sp³-hybridized carbons (Fsp3) is 0.565. The minimum atomic E-state index is -0.543. The molecule has 32 heavy (non-hydrogen) atoms. The van der Waals surface area contributed by atoms with Crippen molar-refractivity contribution in [1.82, 2.24) is 20.5 Å². The molecule has 0 spiro atoms. The second-order valence-electron chi connectivity index (χ2n) is 9.58. The fourth-order valence-electron chi connectivity index (χ4n) is 4.35. The molecule has 1 atom stereocenters. The quantitative estimate of drug-likeness (QED) is 0.511. The van der Waals surface area contributed by atoms with Crippen molar-refractivity contribution in [2.75, 3.05) is 0 Å². The lowest BCUT2D eigenvalue weighted by Gasteiger charge is -2.36. The predicted molar refractivity (Wildman–Crippen MR) is 121 cm³/mol. The van der Waals surface area contributed by atoms with Crippen molar-refractivity contribution < 1.29 is 9.72 Å². The van der Waals surface area contributed by atoms with Crippen LogP contribution in [0.4, 0.5) is 5.69 Å². The molecule has 1 unspecified atom stereocenters. The number of rotatable bonds is 6. The van der Waals surface area contributed by atoms with Gasteiger partial charge in [0.25, 0.3) is 11.2 Å². The molecule has 172 valence electrons. The summed E-state index contributed by atoms with van der Waals surface area (Å²) in [5.74, 6) is 0.653. The van der Waals surface area contributed by atoms with E-state index < -0.39 is 16.5 Å². The van der Waals surface area contributed by atoms with Crippen LogP contribution in [0.5, 0.6) is 0 Å². The van der Waals surface area contributed by atoms with Crippen LogP contribution in [0, 0.1) is 27.4 Å². The molecule has 1 amide bonds. The van der Waals surface area contributed by atoms with Gasteiger partial charge in [0.15, 0.2) is 11.5 Å². The summed E-state index contributed by atoms with van der Waals surface area (Å²) in [7, 11) is 0. The topological polar surface area (TPSA) is 131 Å². The van der Waals surface area contributed by atoms with E-state index >= 15 is 0 Å². The molecule has 0 bridgehead atoms. The van der Waals surface area contributed by atoms with Crippen LogP contribution < -0.4 is 10.9 Å². The number of nitrogens with one attached hydrogen (secondary N) is 2. The summed E-state index contributed by atoms with van der Waals surface area (Å²) in [6.07, 6.45) is 4.24. The zero-order chi connectivity index (χ0) is 23.5. The fourth-order valence-corrected chi connectivity index (χ4v) is 4.35. The van der Waals surface area contributed by atoms with Gasteiger partial charge in [-0.15, -0.1) is 10.2 Å². The first kappa shape index (κ1) is 23.6. The van der Waals surface area contributed by atoms with E-state index in [1.165, 1.54) is 18.2 Å². The van der Waals surface area contributed by atoms with Crippen molar-refractivity contribution in [3.63, 3.8) is 0 Å². The van der Waals surface area contributed by atoms with E-state index in [1.807, 2.05) is 6.92 Å². The molecule has 3 rings (SSSR count). The van der Waals surface area contributed by atoms with E-state index in [1.54, 1.807) is 6.07 Å². The molecule has 2 N–H and O–H groups in total. The Balaban J connectivity index is 1.71. The van der Waals surface area contributed by atoms with Crippen molar-refractivity contribution in [1.29, 1.82) is 0 Å². The molecular formula is C23H31N5O4. The third-order valence-corrected chi connectivity index (χ3v) is 6.43. The van der Waals surface area contributed by atoms with Gasteiger partial charge in [0.2, 0.25) is 5.91 Å². The minimum absolute atomic E-state index is 0.0480. The van der Waals surface area contributed by atoms with Gasteiger partial charge in [-0.25, -0.2) is 0 Å². The Morgan fingerprint density at radius 3 is 2.50 bits per heavy atom. The van der Waals surface area contributed by atoms with Crippen molar-refractivity contribution in [2.45, 2.75) is 65.8 Å². The van der Waals surface area contributed by atoms with Crippen molar-refractivity contribution in [3.8, 4) is 11.4 Å². The first-order valence-electron chi connectivity index (χ1n) is 11.1. The number of carbonyl (C=O) groups is 1. The van der Waals surface area contributed by atoms with Crippen molar-refractivity contribution in [3.05, 3.63) is 50.4 Å². The summed E-state index contributed by atoms with van der Waals surface area (Å²) >= 11 is 0. The summed E-state index contributed by atoms with van der Waals surface area (Å²) in [5.41, 5.74) is 0.206. The second kappa shape index (κ2) is 9.58. The van der Waals surface area contributed by atoms with Crippen LogP contribution in [0.25, 0.3) is 11.4 Å². The maximum Gasteiger partial charge on any atom is 0.275 e. The number of hydrogen-bond donors (Lipinski definition) is 2. The van der Waals surface area contributed by atoms with Crippen LogP contribution >= 0.6 is 0 Å². The first-order valence-corrected chi connectivity index (χ1v) is 11.1. The number of nitrogens with zero attached hydrogens (tertiary/aromatic N) is 3. The van der Waals surface area contributed by atoms with Gasteiger partial charge >= 0.3 is 0 Å². The van der Waals surface area contributed by atoms with E-state index in [2.05, 4.69) is 41.3 Å². The van der Waals surface area contributed by atoms with Crippen LogP contribution in [-0.4, -0.2) is 26.0 Å². The lowest BCUT2D eigenvalue weighted by atomic mass is 9.69. The normalized spacial score (nSPS) is 19.9. The summed E-state index contributed by atoms with van der Waals surface area (Å²) in [6.45, 7) is 8.60. The Kier molecular flexibility index (Phi) is 7.06. The number of carbonyl (C=O) groups excluding carboxylic acids is 1. The van der Waals surface area contributed by atoms with Crippen LogP contribution in [-0.2, 0) is 4.79 Å². The average molecular weight is 442 g/mol. The lowest BCUT2D eigenvalue weighted by Crippen LogP contribution is -2.39. The third kappa shape index (κ3) is 5.38. The molecule has 1 aliphatic carbocycles. The zero-order valence-corrected chi connectivity index (χ0v) is 19.1. The molecule has 1 fully saturated rings. The number of H-pyrrole nitrogens is 1. The molecule has 0 saturated heterocycles. The highest BCUT2D eigenvalue weighted by Gasteiger charge is 2.33. The maximum atomic E-state index is 12.9. The molecule has 9 nitrogen and oxygen atoms in total. The van der Waals surface area contributed by atoms with Gasteiger partial charge in [0.05, 0.1) is 11.0 Å². The van der Waals surface area contributed by atoms with Gasteiger partial charge in [-0.3, -0.25) is 19.7 Å². The first-order chi connectivity index (χ1) is 15.1. The number of benzene rings is 1. The highest BCUT2D eigenvalue weighted by Crippen LogP contribution is 2.40. The standard InChI is InChI=1S/C23H31N5O4/c1-5-18(24-21(29)14-9-11-16(12-10-14)23(2,3)4)19-22(30)25-20(27-26-19)15-7-6-8-17(13-15)28(31)32/h6-8,13-14,16,18H,5,9-12H2,1-4H3,(H,24,29)(H,25,27,30)/t14-,16+,18?. The number of nitro benzene ring substituents is 1. The number of amides is 1. The Hall–Kier alpha value is -3.10. The molecule has 0 radical (unpaired) electrons. The van der Waals surface area contributed by atoms with Crippen LogP contribution in [0.15, 0.2) is 29.1 Å². The zero-order valence-electron chi connectivity index (χ0n) is 19.1. The number of non-ortho nitro benzene ring substituents is 1. The smallest absolute Gasteiger partial charge is 0.275 e. The van der Waals surface area contributed by atoms with Crippen molar-refractivity contribution >= 4 is 11.6 Å². The Labute approximate surface area is 187 Å². The number of aromatic amines is 1. The summed E-state index contributed by atoms with van der Waals surface area (Å²) in [4.78, 5) is 38.7. The Morgan fingerprint density at radius 1 is 1.25 bits per heavy atom. The molecule has 0 aliphatic heterocycles. The molecule has 1 saturated carbocycles. The number of hydrogen-bond acceptors (Lipinski definition) is 6. The van der Waals surface area contributed by atoms with Crippen molar-refractivity contribution in [2.24, 2.45) is 17.3 Å². The van der Waals surface area contributed by atoms with Crippen LogP contribution in [0.1, 0.15) is 71.5 Å². The molecule has 9 heteroatoms. The number of aromatic nitrogens is 3. The van der Waals surface area contributed by atoms with E-state index in [-0.39, 0.29) is 34.4 Å². The molecular weight excluding hydrogens is 410 g/mol. The van der Waals surface area contributed by atoms with Gasteiger partial charge in [-0.1, -0.05) is 39.8 Å². The van der Waals surface area contributed by atoms with Gasteiger partial charge in [0.1, 0.15) is 0 Å². The molecule has 1 aliphatic rings. The summed E-state index contributed by atoms with van der Waals surface area (Å²) in [6, 6.07) is 5.27. The molecule has 1 heterocycles. The van der Waals surface area contributed by atoms with E-state index in [0.717, 1.165) is 25.7 Å². The largest absolute Gasteiger partial charge is 0.347 e. The Bertz CT molecular complexity index is 1040. The highest BCUT2D eigenvalue weighted by molar-refractivity contribution is 5.79. The molecule has 2 aromatic rings. The van der Waals surface area contributed by atoms with Crippen LogP contribution in [0.2, 0.25) is 0 Å². The van der Waals surface area contributed by atoms with Gasteiger partial charge in [-0.2, -0.15) is 0 Å². The van der Waals surface area contributed by atoms with Gasteiger partial charge in [0, 0.05) is 23.6 Å². The van der Waals surface area contributed by atoms with Gasteiger partial charge in [-0.05, 0) is 43.4 Å². The second-order valence-corrected chi connectivity index (χ2v) is 9.58. The average Bonchev–Trinajstić information content (AvgIpc) is 2.77. The lowest BCUT2D eigenvalue weighted by molar-refractivity contribution is -0.384. The SMILES string of the molecule is CCC(NC(=O)[C@H]1CC[C@@H](C(C)(C)C)CC1)c1nnc(-c2cccc([N+](=O)[O-])c2)[nH]c1=O. The van der Waals surface area contributed by atoms with Gasteiger partial charge < -0.3 is 10.3 Å². The third-order valence-electron chi connectivity index (χ3n) is 6.43. The monoisotopic (exact) mass is 441 g/mol. The predicted octanol–water partition coefficient (Wildman–Crippen LogP) is 4.16. The summed E-state index contributed by atoms with van der Waals surface area (Å²) < 4.78 is 0. The summed E-state index contributed by atoms with van der Waals surface area (Å²) in [5, 5.41) is 22.1. The van der Waals surface area contributed by atoms with Crippen LogP contribution in [0.3, 0.4) is 0 Å². The number of nitro groups is 1. The van der Waals surface area contributed by atoms with E-state index in [4.69, 9.17) is 0 Å².